The van der Waals surface area contributed by atoms with Gasteiger partial charge in [0.05, 0.1) is 18.4 Å². The normalized spacial score (nSPS) is 17.2. The molecular formula is C26H26N2O2. The van der Waals surface area contributed by atoms with Gasteiger partial charge in [0.25, 0.3) is 0 Å². The van der Waals surface area contributed by atoms with Gasteiger partial charge in [-0.15, -0.1) is 0 Å². The largest absolute Gasteiger partial charge is 0.352 e. The number of carbonyl (C=O) groups excluding carboxylic acids is 2. The van der Waals surface area contributed by atoms with E-state index in [1.54, 1.807) is 4.90 Å². The topological polar surface area (TPSA) is 49.4 Å². The summed E-state index contributed by atoms with van der Waals surface area (Å²) in [5.74, 6) is -0.529. The molecule has 0 radical (unpaired) electrons. The zero-order valence-corrected chi connectivity index (χ0v) is 17.1. The molecule has 1 saturated carbocycles. The minimum Gasteiger partial charge on any atom is -0.352 e. The summed E-state index contributed by atoms with van der Waals surface area (Å²) in [6.45, 7) is 3.02. The van der Waals surface area contributed by atoms with Crippen LogP contribution in [0.2, 0.25) is 0 Å². The molecule has 0 spiro atoms. The summed E-state index contributed by atoms with van der Waals surface area (Å²) in [7, 11) is 0. The fourth-order valence-electron chi connectivity index (χ4n) is 3.77. The van der Waals surface area contributed by atoms with E-state index < -0.39 is 0 Å². The van der Waals surface area contributed by atoms with Crippen LogP contribution in [0.5, 0.6) is 0 Å². The van der Waals surface area contributed by atoms with Crippen molar-refractivity contribution >= 4 is 17.5 Å². The molecule has 0 bridgehead atoms. The maximum atomic E-state index is 13.3. The smallest absolute Gasteiger partial charge is 0.231 e. The summed E-state index contributed by atoms with van der Waals surface area (Å²) in [5, 5.41) is 2.99. The molecule has 2 unspecified atom stereocenters. The molecule has 4 rings (SSSR count). The maximum absolute atomic E-state index is 13.3. The van der Waals surface area contributed by atoms with Crippen molar-refractivity contribution in [2.45, 2.75) is 26.4 Å². The van der Waals surface area contributed by atoms with Crippen molar-refractivity contribution in [3.05, 3.63) is 102 Å². The molecule has 152 valence electrons. The number of amides is 2. The fraction of sp³-hybridized carbons (Fsp3) is 0.231. The number of para-hydroxylation sites is 1. The zero-order valence-electron chi connectivity index (χ0n) is 17.1. The lowest BCUT2D eigenvalue weighted by atomic mass is 10.1. The molecule has 0 aromatic heterocycles. The molecule has 3 aromatic rings. The monoisotopic (exact) mass is 398 g/mol. The van der Waals surface area contributed by atoms with Crippen molar-refractivity contribution < 1.29 is 9.59 Å². The molecule has 4 nitrogen and oxygen atoms in total. The summed E-state index contributed by atoms with van der Waals surface area (Å²) in [4.78, 5) is 27.7. The predicted molar refractivity (Wildman–Crippen MR) is 119 cm³/mol. The van der Waals surface area contributed by atoms with Gasteiger partial charge in [-0.2, -0.15) is 0 Å². The average molecular weight is 399 g/mol. The van der Waals surface area contributed by atoms with Gasteiger partial charge in [-0.05, 0) is 36.6 Å². The number of aryl methyl sites for hydroxylation is 1. The van der Waals surface area contributed by atoms with Crippen LogP contribution in [-0.2, 0) is 22.7 Å². The Bertz CT molecular complexity index is 1020. The second-order valence-electron chi connectivity index (χ2n) is 7.90. The van der Waals surface area contributed by atoms with Gasteiger partial charge in [-0.3, -0.25) is 9.59 Å². The van der Waals surface area contributed by atoms with E-state index in [1.165, 1.54) is 5.56 Å². The van der Waals surface area contributed by atoms with Gasteiger partial charge in [-0.25, -0.2) is 0 Å². The van der Waals surface area contributed by atoms with E-state index in [4.69, 9.17) is 0 Å². The number of benzene rings is 3. The van der Waals surface area contributed by atoms with Crippen LogP contribution in [0.4, 0.5) is 5.69 Å². The van der Waals surface area contributed by atoms with Crippen LogP contribution in [0.25, 0.3) is 0 Å². The molecule has 0 heterocycles. The van der Waals surface area contributed by atoms with Gasteiger partial charge < -0.3 is 10.2 Å². The molecule has 4 heteroatoms. The van der Waals surface area contributed by atoms with E-state index in [2.05, 4.69) is 11.4 Å². The molecule has 1 N–H and O–H groups in total. The Kier molecular flexibility index (Phi) is 5.94. The molecular weight excluding hydrogens is 372 g/mol. The van der Waals surface area contributed by atoms with E-state index in [0.717, 1.165) is 16.8 Å². The average Bonchev–Trinajstić information content (AvgIpc) is 3.58. The minimum absolute atomic E-state index is 0.0146. The highest BCUT2D eigenvalue weighted by atomic mass is 16.2. The van der Waals surface area contributed by atoms with Crippen LogP contribution in [0.1, 0.15) is 23.1 Å². The Labute approximate surface area is 177 Å². The highest BCUT2D eigenvalue weighted by Gasteiger charge is 2.49. The van der Waals surface area contributed by atoms with Gasteiger partial charge in [0.2, 0.25) is 11.8 Å². The van der Waals surface area contributed by atoms with Crippen molar-refractivity contribution in [3.63, 3.8) is 0 Å². The van der Waals surface area contributed by atoms with Crippen molar-refractivity contribution in [1.82, 2.24) is 5.32 Å². The van der Waals surface area contributed by atoms with Crippen LogP contribution in [0, 0.1) is 18.8 Å². The van der Waals surface area contributed by atoms with E-state index in [1.807, 2.05) is 85.8 Å². The molecule has 1 aliphatic rings. The van der Waals surface area contributed by atoms with Crippen molar-refractivity contribution in [2.75, 3.05) is 4.90 Å². The highest BCUT2D eigenvalue weighted by Crippen LogP contribution is 2.41. The van der Waals surface area contributed by atoms with Crippen LogP contribution in [0.15, 0.2) is 84.9 Å². The number of nitrogens with one attached hydrogen (secondary N) is 1. The Morgan fingerprint density at radius 2 is 1.53 bits per heavy atom. The molecule has 2 amide bonds. The Hall–Kier alpha value is -3.40. The maximum Gasteiger partial charge on any atom is 0.231 e. The van der Waals surface area contributed by atoms with Gasteiger partial charge in [-0.1, -0.05) is 78.4 Å². The summed E-state index contributed by atoms with van der Waals surface area (Å²) >= 11 is 0. The lowest BCUT2D eigenvalue weighted by Crippen LogP contribution is -2.34. The SMILES string of the molecule is Cc1cccc(CNC(=O)C2CC2C(=O)N(Cc2ccccc2)c2ccccc2)c1. The Morgan fingerprint density at radius 3 is 2.23 bits per heavy atom. The standard InChI is InChI=1S/C26H26N2O2/c1-19-9-8-12-21(15-19)17-27-25(29)23-16-24(23)26(30)28(22-13-6-3-7-14-22)18-20-10-4-2-5-11-20/h2-15,23-24H,16-18H2,1H3,(H,27,29). The van der Waals surface area contributed by atoms with Crippen LogP contribution < -0.4 is 10.2 Å². The minimum atomic E-state index is -0.258. The van der Waals surface area contributed by atoms with Crippen LogP contribution in [-0.4, -0.2) is 11.8 Å². The van der Waals surface area contributed by atoms with Crippen LogP contribution in [0.3, 0.4) is 0 Å². The number of rotatable bonds is 7. The van der Waals surface area contributed by atoms with Crippen molar-refractivity contribution in [2.24, 2.45) is 11.8 Å². The van der Waals surface area contributed by atoms with E-state index in [-0.39, 0.29) is 23.7 Å². The predicted octanol–water partition coefficient (Wildman–Crippen LogP) is 4.48. The number of hydrogen-bond acceptors (Lipinski definition) is 2. The molecule has 3 aromatic carbocycles. The first-order valence-electron chi connectivity index (χ1n) is 10.4. The molecule has 0 aliphatic heterocycles. The highest BCUT2D eigenvalue weighted by molar-refractivity contribution is 6.01. The van der Waals surface area contributed by atoms with Gasteiger partial charge in [0.15, 0.2) is 0 Å². The van der Waals surface area contributed by atoms with E-state index in [9.17, 15) is 9.59 Å². The second-order valence-corrected chi connectivity index (χ2v) is 7.90. The summed E-state index contributed by atoms with van der Waals surface area (Å²) in [5.41, 5.74) is 4.16. The molecule has 0 saturated heterocycles. The quantitative estimate of drug-likeness (QED) is 0.638. The second kappa shape index (κ2) is 8.95. The Balaban J connectivity index is 1.41. The third-order valence-corrected chi connectivity index (χ3v) is 5.51. The van der Waals surface area contributed by atoms with Crippen molar-refractivity contribution in [3.8, 4) is 0 Å². The molecule has 1 aliphatic carbocycles. The van der Waals surface area contributed by atoms with E-state index >= 15 is 0 Å². The fourth-order valence-corrected chi connectivity index (χ4v) is 3.77. The first-order valence-corrected chi connectivity index (χ1v) is 10.4. The number of anilines is 1. The Morgan fingerprint density at radius 1 is 0.867 bits per heavy atom. The van der Waals surface area contributed by atoms with Gasteiger partial charge in [0, 0.05) is 12.2 Å². The van der Waals surface area contributed by atoms with Gasteiger partial charge in [0.1, 0.15) is 0 Å². The van der Waals surface area contributed by atoms with Crippen molar-refractivity contribution in [1.29, 1.82) is 0 Å². The molecule has 1 fully saturated rings. The first-order chi connectivity index (χ1) is 14.6. The first kappa shape index (κ1) is 19.9. The molecule has 30 heavy (non-hydrogen) atoms. The number of carbonyl (C=O) groups is 2. The molecule has 2 atom stereocenters. The summed E-state index contributed by atoms with van der Waals surface area (Å²) in [6.07, 6.45) is 0.608. The lowest BCUT2D eigenvalue weighted by molar-refractivity contribution is -0.126. The lowest BCUT2D eigenvalue weighted by Gasteiger charge is -2.23. The van der Waals surface area contributed by atoms with E-state index in [0.29, 0.717) is 19.5 Å². The summed E-state index contributed by atoms with van der Waals surface area (Å²) in [6, 6.07) is 27.7. The number of nitrogens with zero attached hydrogens (tertiary/aromatic N) is 1. The third kappa shape index (κ3) is 4.77. The van der Waals surface area contributed by atoms with Gasteiger partial charge >= 0.3 is 0 Å². The summed E-state index contributed by atoms with van der Waals surface area (Å²) < 4.78 is 0. The zero-order chi connectivity index (χ0) is 20.9. The number of hydrogen-bond donors (Lipinski definition) is 1. The third-order valence-electron chi connectivity index (χ3n) is 5.51. The van der Waals surface area contributed by atoms with Crippen LogP contribution >= 0.6 is 0 Å².